The fraction of sp³-hybridized carbons (Fsp3) is 1.00. The molecule has 0 aromatic heterocycles. The lowest BCUT2D eigenvalue weighted by atomic mass is 9.94. The lowest BCUT2D eigenvalue weighted by Gasteiger charge is -2.36. The lowest BCUT2D eigenvalue weighted by molar-refractivity contribution is -0.173. The first-order valence-corrected chi connectivity index (χ1v) is 5.80. The largest absolute Gasteiger partial charge is 0.411 e. The van der Waals surface area contributed by atoms with Crippen LogP contribution in [0.25, 0.3) is 0 Å². The van der Waals surface area contributed by atoms with E-state index >= 15 is 0 Å². The van der Waals surface area contributed by atoms with Gasteiger partial charge in [0.25, 0.3) is 0 Å². The quantitative estimate of drug-likeness (QED) is 0.763. The second-order valence-corrected chi connectivity index (χ2v) is 4.92. The van der Waals surface area contributed by atoms with Crippen LogP contribution in [0.2, 0.25) is 0 Å². The van der Waals surface area contributed by atoms with Crippen molar-refractivity contribution in [1.82, 2.24) is 5.32 Å². The van der Waals surface area contributed by atoms with Gasteiger partial charge in [-0.2, -0.15) is 13.2 Å². The van der Waals surface area contributed by atoms with Crippen molar-refractivity contribution < 1.29 is 22.6 Å². The molecule has 0 aliphatic carbocycles. The number of rotatable bonds is 5. The van der Waals surface area contributed by atoms with E-state index in [9.17, 15) is 13.2 Å². The third-order valence-corrected chi connectivity index (χ3v) is 2.64. The molecule has 1 fully saturated rings. The summed E-state index contributed by atoms with van der Waals surface area (Å²) in [5.74, 6) is 0. The van der Waals surface area contributed by atoms with E-state index in [1.165, 1.54) is 0 Å². The molecule has 0 amide bonds. The highest BCUT2D eigenvalue weighted by atomic mass is 19.4. The average Bonchev–Trinajstić information content (AvgIpc) is 2.13. The molecule has 1 aliphatic rings. The van der Waals surface area contributed by atoms with Gasteiger partial charge >= 0.3 is 6.18 Å². The molecule has 0 bridgehead atoms. The number of hydrogen-bond donors (Lipinski definition) is 1. The van der Waals surface area contributed by atoms with E-state index in [2.05, 4.69) is 10.1 Å². The van der Waals surface area contributed by atoms with Gasteiger partial charge in [0.05, 0.1) is 12.2 Å². The summed E-state index contributed by atoms with van der Waals surface area (Å²) in [5.41, 5.74) is -0.150. The second-order valence-electron chi connectivity index (χ2n) is 4.92. The van der Waals surface area contributed by atoms with Crippen LogP contribution in [0.4, 0.5) is 13.2 Å². The van der Waals surface area contributed by atoms with Gasteiger partial charge in [0.15, 0.2) is 0 Å². The van der Waals surface area contributed by atoms with Crippen LogP contribution in [-0.2, 0) is 9.47 Å². The first-order chi connectivity index (χ1) is 7.79. The van der Waals surface area contributed by atoms with Crippen molar-refractivity contribution in [3.05, 3.63) is 0 Å². The molecule has 0 radical (unpaired) electrons. The summed E-state index contributed by atoms with van der Waals surface area (Å²) < 4.78 is 45.4. The van der Waals surface area contributed by atoms with Crippen LogP contribution in [0.1, 0.15) is 26.7 Å². The van der Waals surface area contributed by atoms with Crippen LogP contribution < -0.4 is 5.32 Å². The Hall–Kier alpha value is -0.330. The van der Waals surface area contributed by atoms with Crippen LogP contribution in [0.15, 0.2) is 0 Å². The third kappa shape index (κ3) is 6.85. The standard InChI is InChI=1S/C11H20F3NO2/c1-10(2)7-9(3-5-17-10)15-4-6-16-8-11(12,13)14/h9,15H,3-8H2,1-2H3. The third-order valence-electron chi connectivity index (χ3n) is 2.64. The van der Waals surface area contributed by atoms with Gasteiger partial charge in [-0.3, -0.25) is 0 Å². The van der Waals surface area contributed by atoms with Crippen molar-refractivity contribution in [2.75, 3.05) is 26.4 Å². The zero-order valence-electron chi connectivity index (χ0n) is 10.3. The van der Waals surface area contributed by atoms with Crippen LogP contribution in [0, 0.1) is 0 Å². The van der Waals surface area contributed by atoms with E-state index in [-0.39, 0.29) is 12.2 Å². The molecule has 1 rings (SSSR count). The summed E-state index contributed by atoms with van der Waals surface area (Å²) in [4.78, 5) is 0. The number of halogens is 3. The molecule has 3 nitrogen and oxygen atoms in total. The van der Waals surface area contributed by atoms with Crippen molar-refractivity contribution in [1.29, 1.82) is 0 Å². The fourth-order valence-corrected chi connectivity index (χ4v) is 1.93. The fourth-order valence-electron chi connectivity index (χ4n) is 1.93. The molecule has 0 aromatic rings. The number of ether oxygens (including phenoxy) is 2. The predicted octanol–water partition coefficient (Wildman–Crippen LogP) is 2.11. The van der Waals surface area contributed by atoms with Crippen molar-refractivity contribution in [3.8, 4) is 0 Å². The second kappa shape index (κ2) is 6.02. The van der Waals surface area contributed by atoms with Crippen molar-refractivity contribution in [2.45, 2.75) is 44.5 Å². The van der Waals surface area contributed by atoms with Gasteiger partial charge in [0.1, 0.15) is 6.61 Å². The average molecular weight is 255 g/mol. The van der Waals surface area contributed by atoms with Crippen molar-refractivity contribution >= 4 is 0 Å². The summed E-state index contributed by atoms with van der Waals surface area (Å²) in [6, 6.07) is 0.299. The SMILES string of the molecule is CC1(C)CC(NCCOCC(F)(F)F)CCO1. The van der Waals surface area contributed by atoms with Crippen molar-refractivity contribution in [3.63, 3.8) is 0 Å². The Bertz CT molecular complexity index is 231. The molecule has 1 unspecified atom stereocenters. The number of nitrogens with one attached hydrogen (secondary N) is 1. The van der Waals surface area contributed by atoms with Gasteiger partial charge in [-0.1, -0.05) is 0 Å². The van der Waals surface area contributed by atoms with E-state index < -0.39 is 12.8 Å². The Balaban J connectivity index is 2.07. The Morgan fingerprint density at radius 1 is 1.41 bits per heavy atom. The Kier molecular flexibility index (Phi) is 5.22. The predicted molar refractivity (Wildman–Crippen MR) is 57.9 cm³/mol. The van der Waals surface area contributed by atoms with Gasteiger partial charge in [0, 0.05) is 19.2 Å². The molecule has 1 heterocycles. The molecule has 17 heavy (non-hydrogen) atoms. The topological polar surface area (TPSA) is 30.5 Å². The summed E-state index contributed by atoms with van der Waals surface area (Å²) >= 11 is 0. The maximum Gasteiger partial charge on any atom is 0.411 e. The molecule has 0 spiro atoms. The monoisotopic (exact) mass is 255 g/mol. The first-order valence-electron chi connectivity index (χ1n) is 5.80. The molecule has 6 heteroatoms. The Labute approximate surface area is 99.7 Å². The summed E-state index contributed by atoms with van der Waals surface area (Å²) in [6.45, 7) is 4.07. The summed E-state index contributed by atoms with van der Waals surface area (Å²) in [5, 5.41) is 3.19. The zero-order chi connectivity index (χ0) is 12.9. The molecule has 1 atom stereocenters. The van der Waals surface area contributed by atoms with E-state index in [1.807, 2.05) is 13.8 Å². The van der Waals surface area contributed by atoms with E-state index in [1.54, 1.807) is 0 Å². The number of hydrogen-bond acceptors (Lipinski definition) is 3. The summed E-state index contributed by atoms with van der Waals surface area (Å²) in [7, 11) is 0. The highest BCUT2D eigenvalue weighted by Gasteiger charge is 2.29. The summed E-state index contributed by atoms with van der Waals surface area (Å²) in [6.07, 6.45) is -2.48. The molecule has 1 N–H and O–H groups in total. The van der Waals surface area contributed by atoms with Crippen molar-refractivity contribution in [2.24, 2.45) is 0 Å². The van der Waals surface area contributed by atoms with E-state index in [0.29, 0.717) is 19.2 Å². The minimum absolute atomic E-state index is 0.0807. The molecule has 0 saturated carbocycles. The lowest BCUT2D eigenvalue weighted by Crippen LogP contribution is -2.44. The van der Waals surface area contributed by atoms with Crippen LogP contribution >= 0.6 is 0 Å². The molecule has 1 saturated heterocycles. The maximum absolute atomic E-state index is 11.8. The van der Waals surface area contributed by atoms with Crippen LogP contribution in [0.3, 0.4) is 0 Å². The highest BCUT2D eigenvalue weighted by molar-refractivity contribution is 4.82. The molecular formula is C11H20F3NO2. The van der Waals surface area contributed by atoms with Gasteiger partial charge in [-0.25, -0.2) is 0 Å². The van der Waals surface area contributed by atoms with Gasteiger partial charge in [-0.05, 0) is 26.7 Å². The maximum atomic E-state index is 11.8. The van der Waals surface area contributed by atoms with Crippen LogP contribution in [0.5, 0.6) is 0 Å². The Morgan fingerprint density at radius 3 is 2.71 bits per heavy atom. The highest BCUT2D eigenvalue weighted by Crippen LogP contribution is 2.23. The smallest absolute Gasteiger partial charge is 0.375 e. The minimum Gasteiger partial charge on any atom is -0.375 e. The first kappa shape index (κ1) is 14.7. The molecule has 102 valence electrons. The minimum atomic E-state index is -4.24. The van der Waals surface area contributed by atoms with E-state index in [0.717, 1.165) is 12.8 Å². The van der Waals surface area contributed by atoms with Gasteiger partial charge in [0.2, 0.25) is 0 Å². The van der Waals surface area contributed by atoms with Gasteiger partial charge in [-0.15, -0.1) is 0 Å². The van der Waals surface area contributed by atoms with Crippen LogP contribution in [-0.4, -0.2) is 44.2 Å². The zero-order valence-corrected chi connectivity index (χ0v) is 10.3. The molecule has 0 aromatic carbocycles. The van der Waals surface area contributed by atoms with Gasteiger partial charge < -0.3 is 14.8 Å². The van der Waals surface area contributed by atoms with E-state index in [4.69, 9.17) is 4.74 Å². The molecule has 1 aliphatic heterocycles. The normalized spacial score (nSPS) is 24.9. The molecular weight excluding hydrogens is 235 g/mol. The Morgan fingerprint density at radius 2 is 2.12 bits per heavy atom. The number of alkyl halides is 3.